The van der Waals surface area contributed by atoms with Crippen molar-refractivity contribution in [3.05, 3.63) is 65.0 Å². The van der Waals surface area contributed by atoms with Gasteiger partial charge < -0.3 is 4.74 Å². The Morgan fingerprint density at radius 1 is 1.00 bits per heavy atom. The highest BCUT2D eigenvalue weighted by atomic mass is 19.1. The molecule has 0 unspecified atom stereocenters. The van der Waals surface area contributed by atoms with E-state index >= 15 is 0 Å². The van der Waals surface area contributed by atoms with Crippen LogP contribution in [0.15, 0.2) is 42.5 Å². The Morgan fingerprint density at radius 3 is 2.10 bits per heavy atom. The molecule has 1 aliphatic rings. The molecule has 0 bridgehead atoms. The molecule has 0 radical (unpaired) electrons. The monoisotopic (exact) mass is 270 g/mol. The average molecular weight is 270 g/mol. The Morgan fingerprint density at radius 2 is 1.60 bits per heavy atom. The van der Waals surface area contributed by atoms with Gasteiger partial charge in [0.05, 0.1) is 7.11 Å². The van der Waals surface area contributed by atoms with Crippen LogP contribution in [0, 0.1) is 5.82 Å². The van der Waals surface area contributed by atoms with Gasteiger partial charge in [0.25, 0.3) is 0 Å². The van der Waals surface area contributed by atoms with Crippen LogP contribution < -0.4 is 4.74 Å². The van der Waals surface area contributed by atoms with Crippen LogP contribution in [0.25, 0.3) is 0 Å². The number of Topliss-reactive ketones (excluding diaryl/α,β-unsaturated/α-hetero) is 2. The summed E-state index contributed by atoms with van der Waals surface area (Å²) in [6.45, 7) is 0. The molecule has 3 nitrogen and oxygen atoms in total. The fraction of sp³-hybridized carbons (Fsp3) is 0.125. The summed E-state index contributed by atoms with van der Waals surface area (Å²) >= 11 is 0. The van der Waals surface area contributed by atoms with Gasteiger partial charge in [0.15, 0.2) is 11.6 Å². The fourth-order valence-corrected chi connectivity index (χ4v) is 2.49. The van der Waals surface area contributed by atoms with Gasteiger partial charge in [0, 0.05) is 22.8 Å². The van der Waals surface area contributed by atoms with E-state index in [4.69, 9.17) is 4.74 Å². The highest BCUT2D eigenvalue weighted by Crippen LogP contribution is 2.35. The minimum atomic E-state index is -1.08. The number of carbonyl (C=O) groups excluding carboxylic acids is 2. The van der Waals surface area contributed by atoms with E-state index in [1.807, 2.05) is 0 Å². The molecule has 0 heterocycles. The van der Waals surface area contributed by atoms with E-state index in [1.165, 1.54) is 19.2 Å². The highest BCUT2D eigenvalue weighted by molar-refractivity contribution is 6.29. The molecule has 0 fully saturated rings. The first-order valence-electron chi connectivity index (χ1n) is 6.14. The van der Waals surface area contributed by atoms with Gasteiger partial charge in [-0.1, -0.05) is 30.3 Å². The van der Waals surface area contributed by atoms with E-state index in [1.54, 1.807) is 30.3 Å². The quantitative estimate of drug-likeness (QED) is 0.788. The van der Waals surface area contributed by atoms with Gasteiger partial charge in [0.1, 0.15) is 17.5 Å². The molecule has 20 heavy (non-hydrogen) atoms. The topological polar surface area (TPSA) is 43.4 Å². The lowest BCUT2D eigenvalue weighted by molar-refractivity contribution is 0.0887. The van der Waals surface area contributed by atoms with Crippen molar-refractivity contribution < 1.29 is 18.7 Å². The van der Waals surface area contributed by atoms with E-state index in [-0.39, 0.29) is 17.1 Å². The van der Waals surface area contributed by atoms with Crippen LogP contribution >= 0.6 is 0 Å². The Balaban J connectivity index is 2.09. The summed E-state index contributed by atoms with van der Waals surface area (Å²) in [4.78, 5) is 24.6. The molecule has 2 aromatic rings. The van der Waals surface area contributed by atoms with Crippen molar-refractivity contribution in [2.45, 2.75) is 5.92 Å². The van der Waals surface area contributed by atoms with Crippen molar-refractivity contribution in [3.63, 3.8) is 0 Å². The second-order valence-corrected chi connectivity index (χ2v) is 4.59. The standard InChI is InChI=1S/C16H11FO3/c1-20-9-6-7-12(13(17)8-9)14-15(18)10-4-2-3-5-11(10)16(14)19/h2-8,14H,1H3. The zero-order chi connectivity index (χ0) is 14.3. The number of halogens is 1. The fourth-order valence-electron chi connectivity index (χ4n) is 2.49. The molecule has 0 spiro atoms. The number of ether oxygens (including phenoxy) is 1. The number of hydrogen-bond acceptors (Lipinski definition) is 3. The number of carbonyl (C=O) groups is 2. The molecule has 0 atom stereocenters. The Labute approximate surface area is 115 Å². The van der Waals surface area contributed by atoms with Crippen LogP contribution in [-0.4, -0.2) is 18.7 Å². The minimum absolute atomic E-state index is 0.0944. The van der Waals surface area contributed by atoms with Crippen LogP contribution in [0.1, 0.15) is 32.2 Å². The molecule has 100 valence electrons. The van der Waals surface area contributed by atoms with Crippen molar-refractivity contribution >= 4 is 11.6 Å². The summed E-state index contributed by atoms with van der Waals surface area (Å²) in [6, 6.07) is 10.7. The predicted molar refractivity (Wildman–Crippen MR) is 70.8 cm³/mol. The summed E-state index contributed by atoms with van der Waals surface area (Å²) in [6.07, 6.45) is 0. The zero-order valence-electron chi connectivity index (χ0n) is 10.7. The van der Waals surface area contributed by atoms with E-state index in [2.05, 4.69) is 0 Å². The zero-order valence-corrected chi connectivity index (χ0v) is 10.7. The lowest BCUT2D eigenvalue weighted by Gasteiger charge is -2.10. The number of benzene rings is 2. The SMILES string of the molecule is COc1ccc(C2C(=O)c3ccccc3C2=O)c(F)c1. The molecule has 0 N–H and O–H groups in total. The normalized spacial score (nSPS) is 14.5. The Kier molecular flexibility index (Phi) is 2.86. The van der Waals surface area contributed by atoms with Gasteiger partial charge >= 0.3 is 0 Å². The third-order valence-corrected chi connectivity index (χ3v) is 3.50. The van der Waals surface area contributed by atoms with E-state index in [0.717, 1.165) is 0 Å². The third-order valence-electron chi connectivity index (χ3n) is 3.50. The molecular weight excluding hydrogens is 259 g/mol. The molecule has 3 rings (SSSR count). The summed E-state index contributed by atoms with van der Waals surface area (Å²) in [7, 11) is 1.43. The smallest absolute Gasteiger partial charge is 0.178 e. The molecule has 2 aromatic carbocycles. The molecule has 1 aliphatic carbocycles. The van der Waals surface area contributed by atoms with Crippen LogP contribution in [0.2, 0.25) is 0 Å². The van der Waals surface area contributed by atoms with E-state index < -0.39 is 11.7 Å². The number of ketones is 2. The summed E-state index contributed by atoms with van der Waals surface area (Å²) in [5.74, 6) is -2.05. The van der Waals surface area contributed by atoms with Gasteiger partial charge in [-0.05, 0) is 6.07 Å². The number of rotatable bonds is 2. The van der Waals surface area contributed by atoms with Crippen molar-refractivity contribution in [3.8, 4) is 5.75 Å². The first-order chi connectivity index (χ1) is 9.63. The Hall–Kier alpha value is -2.49. The second kappa shape index (κ2) is 4.56. The summed E-state index contributed by atoms with van der Waals surface area (Å²) < 4.78 is 19.0. The number of hydrogen-bond donors (Lipinski definition) is 0. The Bertz CT molecular complexity index is 686. The maximum absolute atomic E-state index is 14.1. The van der Waals surface area contributed by atoms with Gasteiger partial charge in [-0.3, -0.25) is 9.59 Å². The van der Waals surface area contributed by atoms with Crippen LogP contribution in [0.5, 0.6) is 5.75 Å². The second-order valence-electron chi connectivity index (χ2n) is 4.59. The maximum atomic E-state index is 14.1. The number of methoxy groups -OCH3 is 1. The predicted octanol–water partition coefficient (Wildman–Crippen LogP) is 3.00. The lowest BCUT2D eigenvalue weighted by Crippen LogP contribution is -2.14. The van der Waals surface area contributed by atoms with Crippen molar-refractivity contribution in [2.24, 2.45) is 0 Å². The van der Waals surface area contributed by atoms with E-state index in [9.17, 15) is 14.0 Å². The molecule has 4 heteroatoms. The van der Waals surface area contributed by atoms with Crippen molar-refractivity contribution in [1.82, 2.24) is 0 Å². The molecular formula is C16H11FO3. The first kappa shape index (κ1) is 12.5. The largest absolute Gasteiger partial charge is 0.497 e. The molecule has 0 saturated heterocycles. The average Bonchev–Trinajstić information content (AvgIpc) is 2.72. The van der Waals surface area contributed by atoms with Gasteiger partial charge in [-0.15, -0.1) is 0 Å². The molecule has 0 aromatic heterocycles. The van der Waals surface area contributed by atoms with Crippen LogP contribution in [-0.2, 0) is 0 Å². The highest BCUT2D eigenvalue weighted by Gasteiger charge is 2.40. The van der Waals surface area contributed by atoms with Gasteiger partial charge in [-0.25, -0.2) is 4.39 Å². The summed E-state index contributed by atoms with van der Waals surface area (Å²) in [5.41, 5.74) is 0.812. The minimum Gasteiger partial charge on any atom is -0.497 e. The summed E-state index contributed by atoms with van der Waals surface area (Å²) in [5, 5.41) is 0. The molecule has 0 saturated carbocycles. The molecule has 0 amide bonds. The van der Waals surface area contributed by atoms with Gasteiger partial charge in [0.2, 0.25) is 0 Å². The molecule has 0 aliphatic heterocycles. The van der Waals surface area contributed by atoms with Crippen LogP contribution in [0.3, 0.4) is 0 Å². The van der Waals surface area contributed by atoms with E-state index in [0.29, 0.717) is 16.9 Å². The first-order valence-corrected chi connectivity index (χ1v) is 6.14. The van der Waals surface area contributed by atoms with Gasteiger partial charge in [-0.2, -0.15) is 0 Å². The number of fused-ring (bicyclic) bond motifs is 1. The lowest BCUT2D eigenvalue weighted by atomic mass is 9.93. The van der Waals surface area contributed by atoms with Crippen LogP contribution in [0.4, 0.5) is 4.39 Å². The third kappa shape index (κ3) is 1.72. The van der Waals surface area contributed by atoms with Crippen molar-refractivity contribution in [1.29, 1.82) is 0 Å². The maximum Gasteiger partial charge on any atom is 0.178 e. The van der Waals surface area contributed by atoms with Crippen molar-refractivity contribution in [2.75, 3.05) is 7.11 Å².